The molecule has 0 fully saturated rings. The number of hydrogen-bond donors (Lipinski definition) is 2. The summed E-state index contributed by atoms with van der Waals surface area (Å²) >= 11 is 0. The van der Waals surface area contributed by atoms with Crippen LogP contribution in [0.5, 0.6) is 0 Å². The van der Waals surface area contributed by atoms with Crippen molar-refractivity contribution >= 4 is 5.97 Å². The summed E-state index contributed by atoms with van der Waals surface area (Å²) in [5.41, 5.74) is 0.924. The highest BCUT2D eigenvalue weighted by atomic mass is 16.4. The predicted octanol–water partition coefficient (Wildman–Crippen LogP) is 0.646. The third-order valence-electron chi connectivity index (χ3n) is 1.55. The fourth-order valence-corrected chi connectivity index (χ4v) is 0.914. The van der Waals surface area contributed by atoms with Gasteiger partial charge < -0.3 is 10.4 Å². The molecule has 1 aromatic rings. The zero-order chi connectivity index (χ0) is 9.52. The van der Waals surface area contributed by atoms with Crippen LogP contribution in [0.25, 0.3) is 0 Å². The van der Waals surface area contributed by atoms with Crippen LogP contribution in [0.15, 0.2) is 24.4 Å². The lowest BCUT2D eigenvalue weighted by Crippen LogP contribution is -2.18. The van der Waals surface area contributed by atoms with E-state index in [4.69, 9.17) is 5.11 Å². The Morgan fingerprint density at radius 3 is 3.00 bits per heavy atom. The average Bonchev–Trinajstić information content (AvgIpc) is 2.14. The van der Waals surface area contributed by atoms with E-state index in [1.807, 2.05) is 18.2 Å². The van der Waals surface area contributed by atoms with Crippen LogP contribution >= 0.6 is 0 Å². The van der Waals surface area contributed by atoms with Crippen LogP contribution < -0.4 is 5.32 Å². The number of aliphatic carboxylic acids is 1. The van der Waals surface area contributed by atoms with Gasteiger partial charge in [0.1, 0.15) is 0 Å². The molecule has 0 atom stereocenters. The molecule has 4 nitrogen and oxygen atoms in total. The molecule has 0 amide bonds. The number of nitrogens with one attached hydrogen (secondary N) is 1. The Kier molecular flexibility index (Phi) is 3.92. The Labute approximate surface area is 76.6 Å². The van der Waals surface area contributed by atoms with Gasteiger partial charge in [-0.25, -0.2) is 0 Å². The van der Waals surface area contributed by atoms with Crippen LogP contribution in [0, 0.1) is 0 Å². The molecule has 0 saturated heterocycles. The first-order valence-corrected chi connectivity index (χ1v) is 4.11. The number of nitrogens with zero attached hydrogens (tertiary/aromatic N) is 1. The monoisotopic (exact) mass is 180 g/mol. The molecule has 13 heavy (non-hydrogen) atoms. The fraction of sp³-hybridized carbons (Fsp3) is 0.333. The topological polar surface area (TPSA) is 62.2 Å². The smallest absolute Gasteiger partial charge is 0.304 e. The van der Waals surface area contributed by atoms with Crippen LogP contribution in [0.3, 0.4) is 0 Å². The third kappa shape index (κ3) is 4.22. The second-order valence-corrected chi connectivity index (χ2v) is 2.64. The maximum absolute atomic E-state index is 10.2. The van der Waals surface area contributed by atoms with Crippen molar-refractivity contribution < 1.29 is 9.90 Å². The standard InChI is InChI=1S/C9H12N2O2/c12-9(13)4-6-10-7-8-3-1-2-5-11-8/h1-3,5,10H,4,6-7H2,(H,12,13). The van der Waals surface area contributed by atoms with Gasteiger partial charge in [0.15, 0.2) is 0 Å². The molecular weight excluding hydrogens is 168 g/mol. The largest absolute Gasteiger partial charge is 0.481 e. The maximum Gasteiger partial charge on any atom is 0.304 e. The summed E-state index contributed by atoms with van der Waals surface area (Å²) < 4.78 is 0. The van der Waals surface area contributed by atoms with Crippen molar-refractivity contribution in [2.24, 2.45) is 0 Å². The van der Waals surface area contributed by atoms with Crippen molar-refractivity contribution in [2.45, 2.75) is 13.0 Å². The maximum atomic E-state index is 10.2. The summed E-state index contributed by atoms with van der Waals surface area (Å²) in [5, 5.41) is 11.3. The Bertz CT molecular complexity index is 262. The molecule has 0 aromatic carbocycles. The number of hydrogen-bond acceptors (Lipinski definition) is 3. The van der Waals surface area contributed by atoms with Crippen LogP contribution in [-0.2, 0) is 11.3 Å². The molecule has 0 spiro atoms. The van der Waals surface area contributed by atoms with E-state index >= 15 is 0 Å². The molecule has 0 bridgehead atoms. The highest BCUT2D eigenvalue weighted by molar-refractivity contribution is 5.66. The first-order valence-electron chi connectivity index (χ1n) is 4.11. The predicted molar refractivity (Wildman–Crippen MR) is 48.2 cm³/mol. The van der Waals surface area contributed by atoms with E-state index in [0.29, 0.717) is 13.1 Å². The van der Waals surface area contributed by atoms with Crippen LogP contribution in [0.2, 0.25) is 0 Å². The Hall–Kier alpha value is -1.42. The summed E-state index contributed by atoms with van der Waals surface area (Å²) in [6, 6.07) is 5.65. The number of carboxylic acid groups (broad SMARTS) is 1. The van der Waals surface area contributed by atoms with Crippen molar-refractivity contribution in [1.29, 1.82) is 0 Å². The molecule has 70 valence electrons. The van der Waals surface area contributed by atoms with E-state index in [-0.39, 0.29) is 6.42 Å². The van der Waals surface area contributed by atoms with Gasteiger partial charge in [0.05, 0.1) is 12.1 Å². The third-order valence-corrected chi connectivity index (χ3v) is 1.55. The summed E-state index contributed by atoms with van der Waals surface area (Å²) in [4.78, 5) is 14.2. The van der Waals surface area contributed by atoms with Crippen LogP contribution in [0.4, 0.5) is 0 Å². The lowest BCUT2D eigenvalue weighted by Gasteiger charge is -2.01. The Morgan fingerprint density at radius 2 is 2.38 bits per heavy atom. The van der Waals surface area contributed by atoms with Gasteiger partial charge in [-0.05, 0) is 12.1 Å². The highest BCUT2D eigenvalue weighted by Gasteiger charge is 1.96. The zero-order valence-electron chi connectivity index (χ0n) is 7.23. The van der Waals surface area contributed by atoms with Gasteiger partial charge in [-0.3, -0.25) is 9.78 Å². The number of aromatic nitrogens is 1. The lowest BCUT2D eigenvalue weighted by molar-refractivity contribution is -0.136. The minimum atomic E-state index is -0.784. The van der Waals surface area contributed by atoms with Crippen molar-refractivity contribution in [3.63, 3.8) is 0 Å². The summed E-state index contributed by atoms with van der Waals surface area (Å²) in [5.74, 6) is -0.784. The highest BCUT2D eigenvalue weighted by Crippen LogP contribution is 1.91. The number of pyridine rings is 1. The molecule has 1 heterocycles. The van der Waals surface area contributed by atoms with E-state index < -0.39 is 5.97 Å². The summed E-state index contributed by atoms with van der Waals surface area (Å²) in [6.07, 6.45) is 1.86. The molecule has 0 saturated carbocycles. The molecule has 0 radical (unpaired) electrons. The van der Waals surface area contributed by atoms with E-state index in [2.05, 4.69) is 10.3 Å². The van der Waals surface area contributed by atoms with Crippen LogP contribution in [0.1, 0.15) is 12.1 Å². The SMILES string of the molecule is O=C(O)CCNCc1ccccn1. The van der Waals surface area contributed by atoms with Gasteiger partial charge in [-0.2, -0.15) is 0 Å². The number of carboxylic acids is 1. The molecule has 0 unspecified atom stereocenters. The van der Waals surface area contributed by atoms with Gasteiger partial charge >= 0.3 is 5.97 Å². The van der Waals surface area contributed by atoms with Crippen molar-refractivity contribution in [3.8, 4) is 0 Å². The van der Waals surface area contributed by atoms with Gasteiger partial charge in [0.25, 0.3) is 0 Å². The number of rotatable bonds is 5. The van der Waals surface area contributed by atoms with Crippen molar-refractivity contribution in [1.82, 2.24) is 10.3 Å². The molecule has 2 N–H and O–H groups in total. The fourth-order valence-electron chi connectivity index (χ4n) is 0.914. The molecule has 1 rings (SSSR count). The molecule has 0 aliphatic rings. The molecule has 0 aliphatic heterocycles. The molecule has 1 aromatic heterocycles. The second-order valence-electron chi connectivity index (χ2n) is 2.64. The van der Waals surface area contributed by atoms with Crippen molar-refractivity contribution in [2.75, 3.05) is 6.54 Å². The second kappa shape index (κ2) is 5.27. The molecule has 0 aliphatic carbocycles. The van der Waals surface area contributed by atoms with Crippen molar-refractivity contribution in [3.05, 3.63) is 30.1 Å². The zero-order valence-corrected chi connectivity index (χ0v) is 7.23. The van der Waals surface area contributed by atoms with Gasteiger partial charge in [-0.15, -0.1) is 0 Å². The number of carbonyl (C=O) groups is 1. The molecule has 4 heteroatoms. The minimum absolute atomic E-state index is 0.146. The Morgan fingerprint density at radius 1 is 1.54 bits per heavy atom. The van der Waals surface area contributed by atoms with E-state index in [1.54, 1.807) is 6.20 Å². The lowest BCUT2D eigenvalue weighted by atomic mass is 10.3. The van der Waals surface area contributed by atoms with E-state index in [9.17, 15) is 4.79 Å². The van der Waals surface area contributed by atoms with E-state index in [1.165, 1.54) is 0 Å². The minimum Gasteiger partial charge on any atom is -0.481 e. The van der Waals surface area contributed by atoms with E-state index in [0.717, 1.165) is 5.69 Å². The van der Waals surface area contributed by atoms with Crippen LogP contribution in [-0.4, -0.2) is 22.6 Å². The Balaban J connectivity index is 2.17. The first kappa shape index (κ1) is 9.67. The summed E-state index contributed by atoms with van der Waals surface area (Å²) in [6.45, 7) is 1.10. The first-order chi connectivity index (χ1) is 6.29. The van der Waals surface area contributed by atoms with Gasteiger partial charge in [0.2, 0.25) is 0 Å². The summed E-state index contributed by atoms with van der Waals surface area (Å²) in [7, 11) is 0. The van der Waals surface area contributed by atoms with Gasteiger partial charge in [0, 0.05) is 19.3 Å². The normalized spacial score (nSPS) is 9.85. The van der Waals surface area contributed by atoms with Gasteiger partial charge in [-0.1, -0.05) is 6.07 Å². The quantitative estimate of drug-likeness (QED) is 0.653. The molecular formula is C9H12N2O2. The average molecular weight is 180 g/mol.